The van der Waals surface area contributed by atoms with E-state index in [0.29, 0.717) is 25.6 Å². The number of nitrogens with zero attached hydrogens (tertiary/aromatic N) is 2. The number of amides is 2. The molecule has 156 valence electrons. The van der Waals surface area contributed by atoms with Crippen molar-refractivity contribution < 1.29 is 9.59 Å². The molecule has 0 atom stereocenters. The molecule has 2 aliphatic carbocycles. The summed E-state index contributed by atoms with van der Waals surface area (Å²) in [5, 5.41) is 9.53. The maximum atomic E-state index is 12.6. The zero-order valence-corrected chi connectivity index (χ0v) is 19.3. The summed E-state index contributed by atoms with van der Waals surface area (Å²) in [5.74, 6) is 1.05. The van der Waals surface area contributed by atoms with Crippen LogP contribution in [0, 0.1) is 5.41 Å². The van der Waals surface area contributed by atoms with E-state index in [1.54, 1.807) is 4.90 Å². The summed E-state index contributed by atoms with van der Waals surface area (Å²) in [6, 6.07) is 0.422. The first-order valence-corrected chi connectivity index (χ1v) is 10.00. The highest BCUT2D eigenvalue weighted by Crippen LogP contribution is 2.39. The number of hydrogen-bond donors (Lipinski definition) is 3. The summed E-state index contributed by atoms with van der Waals surface area (Å²) in [6.45, 7) is 4.00. The zero-order valence-electron chi connectivity index (χ0n) is 17.0. The van der Waals surface area contributed by atoms with Gasteiger partial charge < -0.3 is 20.9 Å². The second-order valence-corrected chi connectivity index (χ2v) is 7.75. The zero-order chi connectivity index (χ0) is 19.0. The number of carbonyl (C=O) groups is 2. The molecule has 0 aromatic rings. The van der Waals surface area contributed by atoms with Crippen molar-refractivity contribution in [1.29, 1.82) is 0 Å². The fraction of sp³-hybridized carbons (Fsp3) is 0.842. The second kappa shape index (κ2) is 11.7. The SMILES string of the molecule is CCNC(=NCC1(C(=O)N(C)C)CCCC1)NCCCC(=O)NC1CC1.I. The third-order valence-electron chi connectivity index (χ3n) is 5.12. The number of rotatable bonds is 9. The van der Waals surface area contributed by atoms with Crippen molar-refractivity contribution in [2.75, 3.05) is 33.7 Å². The quantitative estimate of drug-likeness (QED) is 0.198. The monoisotopic (exact) mass is 493 g/mol. The van der Waals surface area contributed by atoms with Crippen molar-refractivity contribution >= 4 is 41.8 Å². The molecule has 0 aromatic heterocycles. The van der Waals surface area contributed by atoms with Crippen molar-refractivity contribution in [1.82, 2.24) is 20.9 Å². The van der Waals surface area contributed by atoms with Crippen LogP contribution in [0.4, 0.5) is 0 Å². The molecule has 0 unspecified atom stereocenters. The van der Waals surface area contributed by atoms with Crippen molar-refractivity contribution in [3.05, 3.63) is 0 Å². The molecule has 2 amide bonds. The molecule has 3 N–H and O–H groups in total. The Morgan fingerprint density at radius 1 is 1.15 bits per heavy atom. The normalized spacial score (nSPS) is 18.4. The Morgan fingerprint density at radius 2 is 1.81 bits per heavy atom. The van der Waals surface area contributed by atoms with E-state index in [9.17, 15) is 9.59 Å². The van der Waals surface area contributed by atoms with Crippen LogP contribution < -0.4 is 16.0 Å². The first kappa shape index (κ1) is 24.0. The molecule has 0 radical (unpaired) electrons. The summed E-state index contributed by atoms with van der Waals surface area (Å²) in [4.78, 5) is 30.7. The Morgan fingerprint density at radius 3 is 2.37 bits per heavy atom. The molecule has 0 spiro atoms. The highest BCUT2D eigenvalue weighted by Gasteiger charge is 2.42. The maximum absolute atomic E-state index is 12.6. The number of carbonyl (C=O) groups excluding carboxylic acids is 2. The largest absolute Gasteiger partial charge is 0.357 e. The van der Waals surface area contributed by atoms with Crippen LogP contribution in [0.25, 0.3) is 0 Å². The first-order chi connectivity index (χ1) is 12.5. The summed E-state index contributed by atoms with van der Waals surface area (Å²) in [5.41, 5.74) is -0.351. The molecule has 7 nitrogen and oxygen atoms in total. The van der Waals surface area contributed by atoms with E-state index < -0.39 is 0 Å². The van der Waals surface area contributed by atoms with Gasteiger partial charge in [0.25, 0.3) is 0 Å². The van der Waals surface area contributed by atoms with Gasteiger partial charge in [0.2, 0.25) is 11.8 Å². The van der Waals surface area contributed by atoms with E-state index in [1.807, 2.05) is 21.0 Å². The molecule has 2 aliphatic rings. The van der Waals surface area contributed by atoms with E-state index in [1.165, 1.54) is 0 Å². The highest BCUT2D eigenvalue weighted by atomic mass is 127. The van der Waals surface area contributed by atoms with Crippen molar-refractivity contribution in [3.8, 4) is 0 Å². The third kappa shape index (κ3) is 7.83. The van der Waals surface area contributed by atoms with Gasteiger partial charge in [-0.25, -0.2) is 0 Å². The van der Waals surface area contributed by atoms with E-state index in [2.05, 4.69) is 16.0 Å². The highest BCUT2D eigenvalue weighted by molar-refractivity contribution is 14.0. The molecular weight excluding hydrogens is 457 g/mol. The summed E-state index contributed by atoms with van der Waals surface area (Å²) in [6.07, 6.45) is 7.55. The van der Waals surface area contributed by atoms with Gasteiger partial charge >= 0.3 is 0 Å². The van der Waals surface area contributed by atoms with E-state index in [0.717, 1.165) is 57.5 Å². The van der Waals surface area contributed by atoms with E-state index in [-0.39, 0.29) is 41.2 Å². The Labute approximate surface area is 180 Å². The fourth-order valence-electron chi connectivity index (χ4n) is 3.52. The third-order valence-corrected chi connectivity index (χ3v) is 5.12. The van der Waals surface area contributed by atoms with Gasteiger partial charge in [0.15, 0.2) is 5.96 Å². The van der Waals surface area contributed by atoms with Gasteiger partial charge in [-0.2, -0.15) is 0 Å². The predicted octanol–water partition coefficient (Wildman–Crippen LogP) is 1.87. The summed E-state index contributed by atoms with van der Waals surface area (Å²) in [7, 11) is 3.64. The smallest absolute Gasteiger partial charge is 0.230 e. The first-order valence-electron chi connectivity index (χ1n) is 10.00. The van der Waals surface area contributed by atoms with Crippen molar-refractivity contribution in [2.24, 2.45) is 10.4 Å². The minimum atomic E-state index is -0.351. The minimum Gasteiger partial charge on any atom is -0.357 e. The lowest BCUT2D eigenvalue weighted by atomic mass is 9.85. The molecule has 2 fully saturated rings. The van der Waals surface area contributed by atoms with Crippen LogP contribution >= 0.6 is 24.0 Å². The molecule has 0 saturated heterocycles. The number of hydrogen-bond acceptors (Lipinski definition) is 3. The standard InChI is InChI=1S/C19H35N5O2.HI/c1-4-20-18(21-13-7-8-16(25)23-15-9-10-15)22-14-19(11-5-6-12-19)17(26)24(2)3;/h15H,4-14H2,1-3H3,(H,23,25)(H2,20,21,22);1H. The van der Waals surface area contributed by atoms with E-state index >= 15 is 0 Å². The van der Waals surface area contributed by atoms with Gasteiger partial charge in [0.1, 0.15) is 0 Å². The Hall–Kier alpha value is -1.06. The van der Waals surface area contributed by atoms with Crippen LogP contribution in [0.3, 0.4) is 0 Å². The topological polar surface area (TPSA) is 85.8 Å². The Kier molecular flexibility index (Phi) is 10.4. The van der Waals surface area contributed by atoms with Crippen LogP contribution in [0.5, 0.6) is 0 Å². The molecule has 0 aromatic carbocycles. The average molecular weight is 493 g/mol. The number of guanidine groups is 1. The average Bonchev–Trinajstić information content (AvgIpc) is 3.29. The van der Waals surface area contributed by atoms with Gasteiger partial charge in [0, 0.05) is 39.6 Å². The van der Waals surface area contributed by atoms with Gasteiger partial charge in [-0.05, 0) is 39.0 Å². The number of aliphatic imine (C=N–C) groups is 1. The molecule has 2 rings (SSSR count). The summed E-state index contributed by atoms with van der Waals surface area (Å²) < 4.78 is 0. The molecule has 27 heavy (non-hydrogen) atoms. The lowest BCUT2D eigenvalue weighted by molar-refractivity contribution is -0.138. The number of nitrogens with one attached hydrogen (secondary N) is 3. The molecule has 0 aliphatic heterocycles. The van der Waals surface area contributed by atoms with Gasteiger partial charge in [-0.1, -0.05) is 12.8 Å². The molecule has 0 heterocycles. The van der Waals surface area contributed by atoms with E-state index in [4.69, 9.17) is 4.99 Å². The van der Waals surface area contributed by atoms with Crippen LogP contribution in [0.15, 0.2) is 4.99 Å². The van der Waals surface area contributed by atoms with Gasteiger partial charge in [-0.3, -0.25) is 14.6 Å². The maximum Gasteiger partial charge on any atom is 0.230 e. The molecule has 0 bridgehead atoms. The van der Waals surface area contributed by atoms with Crippen LogP contribution in [0.2, 0.25) is 0 Å². The Bertz CT molecular complexity index is 514. The lowest BCUT2D eigenvalue weighted by Crippen LogP contribution is -2.43. The predicted molar refractivity (Wildman–Crippen MR) is 119 cm³/mol. The fourth-order valence-corrected chi connectivity index (χ4v) is 3.52. The molecule has 2 saturated carbocycles. The van der Waals surface area contributed by atoms with Crippen LogP contribution in [-0.2, 0) is 9.59 Å². The van der Waals surface area contributed by atoms with Gasteiger partial charge in [0.05, 0.1) is 12.0 Å². The minimum absolute atomic E-state index is 0. The number of halogens is 1. The van der Waals surface area contributed by atoms with Crippen LogP contribution in [-0.4, -0.2) is 62.4 Å². The van der Waals surface area contributed by atoms with Crippen LogP contribution in [0.1, 0.15) is 58.3 Å². The second-order valence-electron chi connectivity index (χ2n) is 7.75. The summed E-state index contributed by atoms with van der Waals surface area (Å²) >= 11 is 0. The lowest BCUT2D eigenvalue weighted by Gasteiger charge is -2.29. The molecular formula is C19H36IN5O2. The van der Waals surface area contributed by atoms with Crippen molar-refractivity contribution in [2.45, 2.75) is 64.3 Å². The Balaban J connectivity index is 0.00000364. The van der Waals surface area contributed by atoms with Crippen molar-refractivity contribution in [3.63, 3.8) is 0 Å². The van der Waals surface area contributed by atoms with Gasteiger partial charge in [-0.15, -0.1) is 24.0 Å². The molecule has 8 heteroatoms.